The smallest absolute Gasteiger partial charge is 0.275 e. The number of hydrogen-bond acceptors (Lipinski definition) is 7. The van der Waals surface area contributed by atoms with E-state index in [4.69, 9.17) is 9.47 Å². The van der Waals surface area contributed by atoms with E-state index in [1.54, 1.807) is 31.4 Å². The van der Waals surface area contributed by atoms with E-state index in [1.807, 2.05) is 30.3 Å². The van der Waals surface area contributed by atoms with Crippen molar-refractivity contribution in [2.24, 2.45) is 0 Å². The van der Waals surface area contributed by atoms with E-state index in [0.29, 0.717) is 27.2 Å². The molecule has 1 amide bonds. The molecule has 8 nitrogen and oxygen atoms in total. The van der Waals surface area contributed by atoms with Gasteiger partial charge in [0.05, 0.1) is 19.3 Å². The molecule has 4 aromatic rings. The maximum absolute atomic E-state index is 12.4. The van der Waals surface area contributed by atoms with Crippen LogP contribution in [0.15, 0.2) is 65.5 Å². The number of rotatable bonds is 7. The molecular weight excluding hydrogens is 404 g/mol. The van der Waals surface area contributed by atoms with Gasteiger partial charge in [-0.1, -0.05) is 41.7 Å². The molecule has 0 aliphatic rings. The molecule has 0 atom stereocenters. The highest BCUT2D eigenvalue weighted by Crippen LogP contribution is 2.23. The Morgan fingerprint density at radius 1 is 1.10 bits per heavy atom. The van der Waals surface area contributed by atoms with E-state index in [-0.39, 0.29) is 24.6 Å². The number of amides is 1. The van der Waals surface area contributed by atoms with Crippen molar-refractivity contribution in [1.82, 2.24) is 19.9 Å². The van der Waals surface area contributed by atoms with E-state index in [9.17, 15) is 9.59 Å². The first-order valence-corrected chi connectivity index (χ1v) is 9.93. The molecule has 30 heavy (non-hydrogen) atoms. The lowest BCUT2D eigenvalue weighted by Gasteiger charge is -2.08. The van der Waals surface area contributed by atoms with Gasteiger partial charge >= 0.3 is 0 Å². The van der Waals surface area contributed by atoms with Crippen LogP contribution in [0.3, 0.4) is 0 Å². The van der Waals surface area contributed by atoms with Gasteiger partial charge in [0.25, 0.3) is 11.5 Å². The maximum atomic E-state index is 12.4. The molecule has 2 aromatic heterocycles. The number of hydrogen-bond donors (Lipinski definition) is 1. The second kappa shape index (κ2) is 8.75. The minimum absolute atomic E-state index is 0.120. The van der Waals surface area contributed by atoms with E-state index in [2.05, 4.69) is 15.4 Å². The Hall–Kier alpha value is -3.72. The van der Waals surface area contributed by atoms with Gasteiger partial charge in [0, 0.05) is 11.6 Å². The number of benzene rings is 2. The summed E-state index contributed by atoms with van der Waals surface area (Å²) in [6.07, 6.45) is 0. The number of nitrogens with one attached hydrogen (secondary N) is 1. The quantitative estimate of drug-likeness (QED) is 0.492. The zero-order valence-corrected chi connectivity index (χ0v) is 16.9. The molecule has 2 aromatic carbocycles. The molecule has 9 heteroatoms. The fourth-order valence-corrected chi connectivity index (χ4v) is 3.63. The van der Waals surface area contributed by atoms with Gasteiger partial charge in [0.2, 0.25) is 4.96 Å². The van der Waals surface area contributed by atoms with E-state index in [1.165, 1.54) is 21.9 Å². The molecule has 0 aliphatic heterocycles. The van der Waals surface area contributed by atoms with E-state index >= 15 is 0 Å². The van der Waals surface area contributed by atoms with Crippen molar-refractivity contribution in [3.05, 3.63) is 76.7 Å². The number of fused-ring (bicyclic) bond motifs is 1. The number of ether oxygens (including phenoxy) is 2. The third kappa shape index (κ3) is 4.47. The number of aromatic nitrogens is 3. The maximum Gasteiger partial charge on any atom is 0.275 e. The molecule has 0 bridgehead atoms. The monoisotopic (exact) mass is 422 g/mol. The van der Waals surface area contributed by atoms with Crippen molar-refractivity contribution in [3.63, 3.8) is 0 Å². The standard InChI is InChI=1S/C21H18N4O4S/c1-28-16-7-9-17(10-8-16)29-13-18(26)22-12-15-11-19(27)25-21(23-15)30-20(24-25)14-5-3-2-4-6-14/h2-11H,12-13H2,1H3,(H,22,26). The van der Waals surface area contributed by atoms with Crippen LogP contribution in [-0.2, 0) is 11.3 Å². The Balaban J connectivity index is 1.39. The SMILES string of the molecule is COc1ccc(OCC(=O)NCc2cc(=O)n3nc(-c4ccccc4)sc3n2)cc1. The summed E-state index contributed by atoms with van der Waals surface area (Å²) in [5.41, 5.74) is 1.08. The summed E-state index contributed by atoms with van der Waals surface area (Å²) in [7, 11) is 1.58. The molecular formula is C21H18N4O4S. The molecule has 0 fully saturated rings. The van der Waals surface area contributed by atoms with Crippen molar-refractivity contribution in [1.29, 1.82) is 0 Å². The van der Waals surface area contributed by atoms with E-state index in [0.717, 1.165) is 5.56 Å². The number of nitrogens with zero attached hydrogens (tertiary/aromatic N) is 3. The van der Waals surface area contributed by atoms with Crippen LogP contribution >= 0.6 is 11.3 Å². The average molecular weight is 422 g/mol. The van der Waals surface area contributed by atoms with Crippen LogP contribution in [0.2, 0.25) is 0 Å². The third-order valence-electron chi connectivity index (χ3n) is 4.21. The summed E-state index contributed by atoms with van der Waals surface area (Å²) in [4.78, 5) is 29.4. The molecule has 0 spiro atoms. The molecule has 0 saturated carbocycles. The summed E-state index contributed by atoms with van der Waals surface area (Å²) < 4.78 is 11.8. The van der Waals surface area contributed by atoms with Gasteiger partial charge in [-0.3, -0.25) is 9.59 Å². The van der Waals surface area contributed by atoms with E-state index < -0.39 is 0 Å². The molecule has 0 saturated heterocycles. The molecule has 0 aliphatic carbocycles. The predicted molar refractivity (Wildman–Crippen MR) is 113 cm³/mol. The summed E-state index contributed by atoms with van der Waals surface area (Å²) >= 11 is 1.32. The lowest BCUT2D eigenvalue weighted by molar-refractivity contribution is -0.123. The van der Waals surface area contributed by atoms with Gasteiger partial charge in [-0.05, 0) is 24.3 Å². The van der Waals surface area contributed by atoms with Gasteiger partial charge < -0.3 is 14.8 Å². The first-order valence-electron chi connectivity index (χ1n) is 9.11. The number of methoxy groups -OCH3 is 1. The first-order chi connectivity index (χ1) is 14.6. The van der Waals surface area contributed by atoms with Crippen LogP contribution in [0.1, 0.15) is 5.69 Å². The summed E-state index contributed by atoms with van der Waals surface area (Å²) in [6, 6.07) is 17.9. The molecule has 2 heterocycles. The molecule has 4 rings (SSSR count). The van der Waals surface area contributed by atoms with Crippen molar-refractivity contribution >= 4 is 22.2 Å². The van der Waals surface area contributed by atoms with Crippen LogP contribution in [0.4, 0.5) is 0 Å². The minimum atomic E-state index is -0.318. The van der Waals surface area contributed by atoms with Crippen LogP contribution < -0.4 is 20.3 Å². The molecule has 1 N–H and O–H groups in total. The highest BCUT2D eigenvalue weighted by molar-refractivity contribution is 7.19. The van der Waals surface area contributed by atoms with Crippen molar-refractivity contribution in [3.8, 4) is 22.1 Å². The molecule has 152 valence electrons. The van der Waals surface area contributed by atoms with Gasteiger partial charge in [-0.25, -0.2) is 4.98 Å². The lowest BCUT2D eigenvalue weighted by Crippen LogP contribution is -2.29. The normalized spacial score (nSPS) is 10.7. The van der Waals surface area contributed by atoms with Gasteiger partial charge in [0.15, 0.2) is 6.61 Å². The van der Waals surface area contributed by atoms with Crippen LogP contribution in [0.5, 0.6) is 11.5 Å². The second-order valence-electron chi connectivity index (χ2n) is 6.29. The number of carbonyl (C=O) groups is 1. The summed E-state index contributed by atoms with van der Waals surface area (Å²) in [5, 5.41) is 7.75. The Labute approximate surface area is 175 Å². The highest BCUT2D eigenvalue weighted by atomic mass is 32.1. The van der Waals surface area contributed by atoms with Crippen LogP contribution in [0.25, 0.3) is 15.5 Å². The summed E-state index contributed by atoms with van der Waals surface area (Å²) in [5.74, 6) is 0.946. The molecule has 0 unspecified atom stereocenters. The van der Waals surface area contributed by atoms with Gasteiger partial charge in [-0.15, -0.1) is 0 Å². The van der Waals surface area contributed by atoms with Gasteiger partial charge in [0.1, 0.15) is 16.5 Å². The Morgan fingerprint density at radius 2 is 1.83 bits per heavy atom. The fraction of sp³-hybridized carbons (Fsp3) is 0.143. The highest BCUT2D eigenvalue weighted by Gasteiger charge is 2.11. The number of carbonyl (C=O) groups excluding carboxylic acids is 1. The zero-order valence-electron chi connectivity index (χ0n) is 16.1. The minimum Gasteiger partial charge on any atom is -0.497 e. The fourth-order valence-electron chi connectivity index (χ4n) is 2.71. The first kappa shape index (κ1) is 19.6. The summed E-state index contributed by atoms with van der Waals surface area (Å²) in [6.45, 7) is -0.0264. The van der Waals surface area contributed by atoms with Crippen molar-refractivity contribution in [2.45, 2.75) is 6.54 Å². The predicted octanol–water partition coefficient (Wildman–Crippen LogP) is 2.52. The van der Waals surface area contributed by atoms with Gasteiger partial charge in [-0.2, -0.15) is 9.61 Å². The van der Waals surface area contributed by atoms with Crippen LogP contribution in [-0.4, -0.2) is 34.2 Å². The van der Waals surface area contributed by atoms with Crippen molar-refractivity contribution in [2.75, 3.05) is 13.7 Å². The van der Waals surface area contributed by atoms with Crippen LogP contribution in [0, 0.1) is 0 Å². The molecule has 0 radical (unpaired) electrons. The zero-order chi connectivity index (χ0) is 20.9. The lowest BCUT2D eigenvalue weighted by atomic mass is 10.2. The largest absolute Gasteiger partial charge is 0.497 e. The Morgan fingerprint density at radius 3 is 2.57 bits per heavy atom. The Bertz CT molecular complexity index is 1220. The average Bonchev–Trinajstić information content (AvgIpc) is 3.22. The third-order valence-corrected chi connectivity index (χ3v) is 5.17. The topological polar surface area (TPSA) is 94.8 Å². The van der Waals surface area contributed by atoms with Crippen molar-refractivity contribution < 1.29 is 14.3 Å². The second-order valence-corrected chi connectivity index (χ2v) is 7.25. The Kier molecular flexibility index (Phi) is 5.71.